The minimum atomic E-state index is -0.845. The SMILES string of the molecule is C=CC(=O)OC(CCCO)C(=O)NCC. The second-order valence-corrected chi connectivity index (χ2v) is 2.89. The fraction of sp³-hybridized carbons (Fsp3) is 0.600. The van der Waals surface area contributed by atoms with Crippen molar-refractivity contribution < 1.29 is 19.4 Å². The summed E-state index contributed by atoms with van der Waals surface area (Å²) in [5.41, 5.74) is 0. The molecule has 0 rings (SSSR count). The van der Waals surface area contributed by atoms with Gasteiger partial charge in [0.05, 0.1) is 0 Å². The highest BCUT2D eigenvalue weighted by Crippen LogP contribution is 2.03. The molecule has 1 atom stereocenters. The Hall–Kier alpha value is -1.36. The Bertz CT molecular complexity index is 227. The van der Waals surface area contributed by atoms with Crippen molar-refractivity contribution in [3.8, 4) is 0 Å². The van der Waals surface area contributed by atoms with Gasteiger partial charge in [0.1, 0.15) is 0 Å². The van der Waals surface area contributed by atoms with E-state index in [1.54, 1.807) is 6.92 Å². The van der Waals surface area contributed by atoms with E-state index in [0.29, 0.717) is 19.4 Å². The zero-order valence-corrected chi connectivity index (χ0v) is 8.86. The minimum absolute atomic E-state index is 0.0401. The first-order valence-corrected chi connectivity index (χ1v) is 4.87. The largest absolute Gasteiger partial charge is 0.449 e. The average Bonchev–Trinajstić information content (AvgIpc) is 2.24. The molecule has 1 unspecified atom stereocenters. The molecule has 0 fully saturated rings. The lowest BCUT2D eigenvalue weighted by Crippen LogP contribution is -2.37. The fourth-order valence-corrected chi connectivity index (χ4v) is 0.997. The molecule has 0 aliphatic carbocycles. The van der Waals surface area contributed by atoms with Crippen LogP contribution in [0.25, 0.3) is 0 Å². The summed E-state index contributed by atoms with van der Waals surface area (Å²) in [5.74, 6) is -0.981. The van der Waals surface area contributed by atoms with Crippen LogP contribution in [-0.2, 0) is 14.3 Å². The van der Waals surface area contributed by atoms with Crippen LogP contribution in [0.3, 0.4) is 0 Å². The maximum Gasteiger partial charge on any atom is 0.330 e. The molecular weight excluding hydrogens is 198 g/mol. The maximum absolute atomic E-state index is 11.4. The standard InChI is InChI=1S/C10H17NO4/c1-3-9(13)15-8(6-5-7-12)10(14)11-4-2/h3,8,12H,1,4-7H2,2H3,(H,11,14). The van der Waals surface area contributed by atoms with E-state index in [1.807, 2.05) is 0 Å². The molecule has 2 N–H and O–H groups in total. The van der Waals surface area contributed by atoms with Gasteiger partial charge in [0, 0.05) is 19.2 Å². The molecule has 1 amide bonds. The van der Waals surface area contributed by atoms with Crippen LogP contribution < -0.4 is 5.32 Å². The molecule has 0 aromatic heterocycles. The first-order valence-electron chi connectivity index (χ1n) is 4.87. The lowest BCUT2D eigenvalue weighted by molar-refractivity contribution is -0.151. The van der Waals surface area contributed by atoms with Crippen molar-refractivity contribution in [1.29, 1.82) is 0 Å². The van der Waals surface area contributed by atoms with E-state index >= 15 is 0 Å². The van der Waals surface area contributed by atoms with Crippen molar-refractivity contribution in [2.24, 2.45) is 0 Å². The Labute approximate surface area is 89.1 Å². The number of aliphatic hydroxyl groups is 1. The molecule has 5 heteroatoms. The highest BCUT2D eigenvalue weighted by molar-refractivity contribution is 5.87. The van der Waals surface area contributed by atoms with Crippen molar-refractivity contribution in [2.45, 2.75) is 25.9 Å². The molecule has 0 saturated heterocycles. The third kappa shape index (κ3) is 5.85. The number of carbonyl (C=O) groups is 2. The number of hydrogen-bond donors (Lipinski definition) is 2. The van der Waals surface area contributed by atoms with Crippen LogP contribution >= 0.6 is 0 Å². The Balaban J connectivity index is 4.22. The van der Waals surface area contributed by atoms with Crippen molar-refractivity contribution in [1.82, 2.24) is 5.32 Å². The predicted octanol–water partition coefficient (Wildman–Crippen LogP) is -0.00720. The predicted molar refractivity (Wildman–Crippen MR) is 55.1 cm³/mol. The number of rotatable bonds is 7. The molecule has 0 bridgehead atoms. The molecule has 0 radical (unpaired) electrons. The number of likely N-dealkylation sites (N-methyl/N-ethyl adjacent to an activating group) is 1. The van der Waals surface area contributed by atoms with Crippen LogP contribution in [0.15, 0.2) is 12.7 Å². The van der Waals surface area contributed by atoms with Gasteiger partial charge in [-0.2, -0.15) is 0 Å². The normalized spacial score (nSPS) is 11.6. The smallest absolute Gasteiger partial charge is 0.330 e. The minimum Gasteiger partial charge on any atom is -0.449 e. The molecule has 86 valence electrons. The van der Waals surface area contributed by atoms with Gasteiger partial charge in [0.2, 0.25) is 0 Å². The Morgan fingerprint density at radius 1 is 1.60 bits per heavy atom. The Kier molecular flexibility index (Phi) is 7.27. The summed E-state index contributed by atoms with van der Waals surface area (Å²) < 4.78 is 4.84. The maximum atomic E-state index is 11.4. The first-order chi connectivity index (χ1) is 7.15. The van der Waals surface area contributed by atoms with Gasteiger partial charge in [0.15, 0.2) is 6.10 Å². The number of carbonyl (C=O) groups excluding carboxylic acids is 2. The lowest BCUT2D eigenvalue weighted by Gasteiger charge is -2.15. The zero-order chi connectivity index (χ0) is 11.7. The summed E-state index contributed by atoms with van der Waals surface area (Å²) in [6.07, 6.45) is 0.877. The molecular formula is C10H17NO4. The van der Waals surface area contributed by atoms with E-state index in [9.17, 15) is 9.59 Å². The topological polar surface area (TPSA) is 75.6 Å². The third-order valence-corrected chi connectivity index (χ3v) is 1.69. The van der Waals surface area contributed by atoms with E-state index in [4.69, 9.17) is 9.84 Å². The third-order valence-electron chi connectivity index (χ3n) is 1.69. The molecule has 0 spiro atoms. The quantitative estimate of drug-likeness (QED) is 0.463. The second kappa shape index (κ2) is 7.99. The van der Waals surface area contributed by atoms with Gasteiger partial charge < -0.3 is 15.2 Å². The van der Waals surface area contributed by atoms with Gasteiger partial charge in [-0.05, 0) is 19.8 Å². The number of amides is 1. The molecule has 0 aliphatic heterocycles. The van der Waals surface area contributed by atoms with Gasteiger partial charge >= 0.3 is 5.97 Å². The van der Waals surface area contributed by atoms with Crippen molar-refractivity contribution in [3.63, 3.8) is 0 Å². The van der Waals surface area contributed by atoms with Crippen LogP contribution in [0.1, 0.15) is 19.8 Å². The monoisotopic (exact) mass is 215 g/mol. The lowest BCUT2D eigenvalue weighted by atomic mass is 10.2. The van der Waals surface area contributed by atoms with Crippen LogP contribution in [0.4, 0.5) is 0 Å². The summed E-state index contributed by atoms with van der Waals surface area (Å²) in [6.45, 7) is 5.45. The Morgan fingerprint density at radius 3 is 2.73 bits per heavy atom. The number of aliphatic hydroxyl groups excluding tert-OH is 1. The van der Waals surface area contributed by atoms with E-state index in [2.05, 4.69) is 11.9 Å². The zero-order valence-electron chi connectivity index (χ0n) is 8.86. The van der Waals surface area contributed by atoms with Crippen LogP contribution in [0.2, 0.25) is 0 Å². The average molecular weight is 215 g/mol. The molecule has 0 aromatic rings. The van der Waals surface area contributed by atoms with Crippen molar-refractivity contribution >= 4 is 11.9 Å². The summed E-state index contributed by atoms with van der Waals surface area (Å²) in [6, 6.07) is 0. The first kappa shape index (κ1) is 13.6. The van der Waals surface area contributed by atoms with E-state index in [-0.39, 0.29) is 12.5 Å². The van der Waals surface area contributed by atoms with Crippen LogP contribution in [0.5, 0.6) is 0 Å². The van der Waals surface area contributed by atoms with Gasteiger partial charge in [-0.1, -0.05) is 6.58 Å². The van der Waals surface area contributed by atoms with Crippen LogP contribution in [0, 0.1) is 0 Å². The molecule has 0 heterocycles. The number of hydrogen-bond acceptors (Lipinski definition) is 4. The molecule has 0 saturated carbocycles. The van der Waals surface area contributed by atoms with Crippen molar-refractivity contribution in [3.05, 3.63) is 12.7 Å². The number of ether oxygens (including phenoxy) is 1. The summed E-state index contributed by atoms with van der Waals surface area (Å²) >= 11 is 0. The summed E-state index contributed by atoms with van der Waals surface area (Å²) in [5, 5.41) is 11.2. The fourth-order valence-electron chi connectivity index (χ4n) is 0.997. The van der Waals surface area contributed by atoms with E-state index in [1.165, 1.54) is 0 Å². The summed E-state index contributed by atoms with van der Waals surface area (Å²) in [7, 11) is 0. The van der Waals surface area contributed by atoms with E-state index < -0.39 is 12.1 Å². The van der Waals surface area contributed by atoms with Gasteiger partial charge in [-0.25, -0.2) is 4.79 Å². The van der Waals surface area contributed by atoms with E-state index in [0.717, 1.165) is 6.08 Å². The second-order valence-electron chi connectivity index (χ2n) is 2.89. The Morgan fingerprint density at radius 2 is 2.27 bits per heavy atom. The highest BCUT2D eigenvalue weighted by Gasteiger charge is 2.20. The molecule has 0 aliphatic rings. The molecule has 0 aromatic carbocycles. The van der Waals surface area contributed by atoms with Crippen molar-refractivity contribution in [2.75, 3.05) is 13.2 Å². The van der Waals surface area contributed by atoms with Gasteiger partial charge in [0.25, 0.3) is 5.91 Å². The van der Waals surface area contributed by atoms with Gasteiger partial charge in [-0.3, -0.25) is 4.79 Å². The highest BCUT2D eigenvalue weighted by atomic mass is 16.5. The molecule has 5 nitrogen and oxygen atoms in total. The number of esters is 1. The van der Waals surface area contributed by atoms with Gasteiger partial charge in [-0.15, -0.1) is 0 Å². The van der Waals surface area contributed by atoms with Crippen LogP contribution in [-0.4, -0.2) is 36.2 Å². The molecule has 15 heavy (non-hydrogen) atoms. The summed E-state index contributed by atoms with van der Waals surface area (Å²) in [4.78, 5) is 22.3. The number of nitrogens with one attached hydrogen (secondary N) is 1.